The Kier molecular flexibility index (Phi) is 4.45. The summed E-state index contributed by atoms with van der Waals surface area (Å²) in [6, 6.07) is 7.30. The molecule has 1 heterocycles. The van der Waals surface area contributed by atoms with Crippen molar-refractivity contribution in [3.63, 3.8) is 0 Å². The van der Waals surface area contributed by atoms with E-state index in [1.165, 1.54) is 30.6 Å². The molecule has 7 heteroatoms. The number of hydrogen-bond acceptors (Lipinski definition) is 3. The van der Waals surface area contributed by atoms with Crippen molar-refractivity contribution in [3.05, 3.63) is 45.1 Å². The molecule has 0 aliphatic heterocycles. The highest BCUT2D eigenvalue weighted by molar-refractivity contribution is 7.16. The molecule has 0 saturated carbocycles. The number of ether oxygens (including phenoxy) is 1. The van der Waals surface area contributed by atoms with E-state index in [2.05, 4.69) is 5.32 Å². The van der Waals surface area contributed by atoms with E-state index in [1.807, 2.05) is 0 Å². The van der Waals surface area contributed by atoms with E-state index in [9.17, 15) is 13.2 Å². The molecule has 1 aromatic carbocycles. The van der Waals surface area contributed by atoms with Crippen LogP contribution in [0, 0.1) is 0 Å². The summed E-state index contributed by atoms with van der Waals surface area (Å²) in [5, 5.41) is 2.78. The van der Waals surface area contributed by atoms with Gasteiger partial charge in [0.1, 0.15) is 5.75 Å². The Balaban J connectivity index is 2.22. The smallest absolute Gasteiger partial charge is 0.418 e. The van der Waals surface area contributed by atoms with Crippen molar-refractivity contribution in [2.24, 2.45) is 0 Å². The lowest BCUT2D eigenvalue weighted by atomic mass is 10.1. The minimum Gasteiger partial charge on any atom is -0.497 e. The first-order chi connectivity index (χ1) is 9.40. The van der Waals surface area contributed by atoms with Crippen LogP contribution in [0.5, 0.6) is 5.75 Å². The first-order valence-corrected chi connectivity index (χ1v) is 6.83. The molecule has 1 aromatic heterocycles. The highest BCUT2D eigenvalue weighted by atomic mass is 35.5. The molecule has 0 atom stereocenters. The van der Waals surface area contributed by atoms with Gasteiger partial charge in [-0.25, -0.2) is 0 Å². The molecule has 0 aliphatic rings. The van der Waals surface area contributed by atoms with Crippen LogP contribution in [0.25, 0.3) is 0 Å². The summed E-state index contributed by atoms with van der Waals surface area (Å²) in [4.78, 5) is 0.860. The minimum absolute atomic E-state index is 0.0165. The zero-order chi connectivity index (χ0) is 14.8. The van der Waals surface area contributed by atoms with Crippen LogP contribution in [0.2, 0.25) is 4.34 Å². The van der Waals surface area contributed by atoms with Crippen LogP contribution in [0.1, 0.15) is 10.4 Å². The topological polar surface area (TPSA) is 21.3 Å². The second kappa shape index (κ2) is 5.93. The van der Waals surface area contributed by atoms with Crippen LogP contribution < -0.4 is 10.1 Å². The van der Waals surface area contributed by atoms with Gasteiger partial charge in [-0.3, -0.25) is 0 Å². The number of alkyl halides is 3. The Morgan fingerprint density at radius 1 is 1.25 bits per heavy atom. The van der Waals surface area contributed by atoms with Crippen LogP contribution in [0.4, 0.5) is 18.9 Å². The summed E-state index contributed by atoms with van der Waals surface area (Å²) in [5.41, 5.74) is -0.734. The Bertz CT molecular complexity index is 598. The molecule has 2 aromatic rings. The van der Waals surface area contributed by atoms with Crippen LogP contribution in [-0.2, 0) is 12.7 Å². The quantitative estimate of drug-likeness (QED) is 0.851. The molecule has 108 valence electrons. The number of hydrogen-bond donors (Lipinski definition) is 1. The van der Waals surface area contributed by atoms with Gasteiger partial charge in [0.25, 0.3) is 0 Å². The molecular formula is C13H11ClF3NOS. The predicted molar refractivity (Wildman–Crippen MR) is 74.7 cm³/mol. The van der Waals surface area contributed by atoms with E-state index >= 15 is 0 Å². The molecule has 0 radical (unpaired) electrons. The van der Waals surface area contributed by atoms with Gasteiger partial charge in [0.2, 0.25) is 0 Å². The zero-order valence-corrected chi connectivity index (χ0v) is 12.0. The molecule has 0 amide bonds. The predicted octanol–water partition coefficient (Wildman–Crippen LogP) is 5.04. The fraction of sp³-hybridized carbons (Fsp3) is 0.231. The molecular weight excluding hydrogens is 311 g/mol. The van der Waals surface area contributed by atoms with Gasteiger partial charge in [0.15, 0.2) is 0 Å². The van der Waals surface area contributed by atoms with E-state index in [1.54, 1.807) is 12.1 Å². The number of methoxy groups -OCH3 is 1. The van der Waals surface area contributed by atoms with E-state index < -0.39 is 11.7 Å². The largest absolute Gasteiger partial charge is 0.497 e. The van der Waals surface area contributed by atoms with Crippen molar-refractivity contribution < 1.29 is 17.9 Å². The summed E-state index contributed by atoms with van der Waals surface area (Å²) in [7, 11) is 1.33. The summed E-state index contributed by atoms with van der Waals surface area (Å²) in [6.07, 6.45) is -4.44. The van der Waals surface area contributed by atoms with Gasteiger partial charge >= 0.3 is 6.18 Å². The highest BCUT2D eigenvalue weighted by Crippen LogP contribution is 2.37. The molecule has 0 fully saturated rings. The first-order valence-electron chi connectivity index (χ1n) is 5.63. The fourth-order valence-corrected chi connectivity index (χ4v) is 2.70. The third kappa shape index (κ3) is 3.58. The lowest BCUT2D eigenvalue weighted by Crippen LogP contribution is -2.10. The van der Waals surface area contributed by atoms with Gasteiger partial charge in [0.05, 0.1) is 17.0 Å². The maximum atomic E-state index is 13.0. The monoisotopic (exact) mass is 321 g/mol. The Hall–Kier alpha value is -1.40. The molecule has 1 N–H and O–H groups in total. The van der Waals surface area contributed by atoms with Crippen molar-refractivity contribution in [3.8, 4) is 5.75 Å². The SMILES string of the molecule is COc1ccc(NCc2ccc(Cl)s2)c(C(F)(F)F)c1. The number of thiophene rings is 1. The molecule has 20 heavy (non-hydrogen) atoms. The molecule has 0 bridgehead atoms. The van der Waals surface area contributed by atoms with Crippen LogP contribution in [0.15, 0.2) is 30.3 Å². The molecule has 2 rings (SSSR count). The number of halogens is 4. The minimum atomic E-state index is -4.44. The Morgan fingerprint density at radius 2 is 2.00 bits per heavy atom. The molecule has 0 saturated heterocycles. The molecule has 0 aliphatic carbocycles. The first kappa shape index (κ1) is 15.0. The van der Waals surface area contributed by atoms with E-state index in [4.69, 9.17) is 16.3 Å². The Labute approximate surface area is 123 Å². The number of benzene rings is 1. The van der Waals surface area contributed by atoms with E-state index in [0.29, 0.717) is 4.34 Å². The van der Waals surface area contributed by atoms with Gasteiger partial charge in [-0.1, -0.05) is 11.6 Å². The van der Waals surface area contributed by atoms with Gasteiger partial charge < -0.3 is 10.1 Å². The maximum Gasteiger partial charge on any atom is 0.418 e. The van der Waals surface area contributed by atoms with Crippen molar-refractivity contribution in [1.82, 2.24) is 0 Å². The second-order valence-corrected chi connectivity index (χ2v) is 5.77. The molecule has 0 spiro atoms. The zero-order valence-electron chi connectivity index (χ0n) is 10.4. The summed E-state index contributed by atoms with van der Waals surface area (Å²) >= 11 is 7.10. The fourth-order valence-electron chi connectivity index (χ4n) is 1.67. The van der Waals surface area contributed by atoms with Crippen molar-refractivity contribution in [2.75, 3.05) is 12.4 Å². The average Bonchev–Trinajstić information content (AvgIpc) is 2.81. The van der Waals surface area contributed by atoms with Crippen molar-refractivity contribution >= 4 is 28.6 Å². The number of anilines is 1. The van der Waals surface area contributed by atoms with Crippen LogP contribution >= 0.6 is 22.9 Å². The van der Waals surface area contributed by atoms with Gasteiger partial charge in [-0.15, -0.1) is 11.3 Å². The molecule has 0 unspecified atom stereocenters. The van der Waals surface area contributed by atoms with Crippen LogP contribution in [-0.4, -0.2) is 7.11 Å². The summed E-state index contributed by atoms with van der Waals surface area (Å²) in [5.74, 6) is 0.169. The maximum absolute atomic E-state index is 13.0. The van der Waals surface area contributed by atoms with Crippen LogP contribution in [0.3, 0.4) is 0 Å². The number of rotatable bonds is 4. The van der Waals surface area contributed by atoms with Crippen molar-refractivity contribution in [1.29, 1.82) is 0 Å². The summed E-state index contributed by atoms with van der Waals surface area (Å²) in [6.45, 7) is 0.285. The number of nitrogens with one attached hydrogen (secondary N) is 1. The van der Waals surface area contributed by atoms with Gasteiger partial charge in [-0.2, -0.15) is 13.2 Å². The summed E-state index contributed by atoms with van der Waals surface area (Å²) < 4.78 is 44.4. The second-order valence-electron chi connectivity index (χ2n) is 3.97. The third-order valence-corrected chi connectivity index (χ3v) is 3.85. The van der Waals surface area contributed by atoms with E-state index in [0.717, 1.165) is 10.9 Å². The normalized spacial score (nSPS) is 11.4. The standard InChI is InChI=1S/C13H11ClF3NOS/c1-19-8-2-4-11(10(6-8)13(15,16)17)18-7-9-3-5-12(14)20-9/h2-6,18H,7H2,1H3. The highest BCUT2D eigenvalue weighted by Gasteiger charge is 2.34. The van der Waals surface area contributed by atoms with E-state index in [-0.39, 0.29) is 18.0 Å². The van der Waals surface area contributed by atoms with Crippen molar-refractivity contribution in [2.45, 2.75) is 12.7 Å². The van der Waals surface area contributed by atoms with Gasteiger partial charge in [0, 0.05) is 17.1 Å². The third-order valence-electron chi connectivity index (χ3n) is 2.61. The Morgan fingerprint density at radius 3 is 2.55 bits per heavy atom. The lowest BCUT2D eigenvalue weighted by Gasteiger charge is -2.15. The molecule has 2 nitrogen and oxygen atoms in total. The van der Waals surface area contributed by atoms with Gasteiger partial charge in [-0.05, 0) is 30.3 Å². The lowest BCUT2D eigenvalue weighted by molar-refractivity contribution is -0.137. The average molecular weight is 322 g/mol.